The van der Waals surface area contributed by atoms with Crippen molar-refractivity contribution in [2.45, 2.75) is 20.7 Å². The molecule has 1 nitrogen and oxygen atoms in total. The molecule has 0 aliphatic rings. The minimum Gasteiger partial charge on any atom is -0.201 e. The van der Waals surface area contributed by atoms with Gasteiger partial charge in [0.15, 0.2) is 6.20 Å². The van der Waals surface area contributed by atoms with Crippen molar-refractivity contribution < 1.29 is 8.68 Å². The van der Waals surface area contributed by atoms with Gasteiger partial charge in [-0.2, -0.15) is 0 Å². The summed E-state index contributed by atoms with van der Waals surface area (Å²) in [6, 6.07) is 9.62. The fraction of sp³-hybridized carbons (Fsp3) is 0.267. The van der Waals surface area contributed by atoms with Crippen LogP contribution in [0.3, 0.4) is 0 Å². The molecule has 0 fully saturated rings. The number of pyridine rings is 1. The van der Waals surface area contributed by atoms with Gasteiger partial charge in [-0.15, -0.1) is 0 Å². The quantitative estimate of drug-likeness (QED) is 0.644. The van der Waals surface area contributed by atoms with E-state index < -0.39 is 6.85 Å². The van der Waals surface area contributed by atoms with Crippen molar-refractivity contribution in [3.63, 3.8) is 0 Å². The third-order valence-corrected chi connectivity index (χ3v) is 3.12. The van der Waals surface area contributed by atoms with E-state index in [1.54, 1.807) is 6.07 Å². The molecular weight excluding hydrogens is 194 g/mol. The topological polar surface area (TPSA) is 3.88 Å². The van der Waals surface area contributed by atoms with Crippen LogP contribution in [0.1, 0.15) is 20.8 Å². The van der Waals surface area contributed by atoms with Crippen LogP contribution in [0.5, 0.6) is 0 Å². The minimum absolute atomic E-state index is 0.437. The van der Waals surface area contributed by atoms with Gasteiger partial charge in [0.2, 0.25) is 5.69 Å². The van der Waals surface area contributed by atoms with Gasteiger partial charge in [-0.25, -0.2) is 4.57 Å². The van der Waals surface area contributed by atoms with Crippen molar-refractivity contribution in [2.75, 3.05) is 0 Å². The van der Waals surface area contributed by atoms with Crippen molar-refractivity contribution >= 4 is 0 Å². The lowest BCUT2D eigenvalue weighted by Gasteiger charge is -2.09. The van der Waals surface area contributed by atoms with Crippen LogP contribution in [-0.2, 0) is 7.05 Å². The van der Waals surface area contributed by atoms with Crippen LogP contribution in [0, 0.1) is 20.7 Å². The Hall–Kier alpha value is -1.63. The predicted molar refractivity (Wildman–Crippen MR) is 67.3 cm³/mol. The third-order valence-electron chi connectivity index (χ3n) is 3.12. The molecule has 0 saturated heterocycles. The number of aryl methyl sites for hydroxylation is 2. The lowest BCUT2D eigenvalue weighted by molar-refractivity contribution is -0.660. The van der Waals surface area contributed by atoms with E-state index in [4.69, 9.17) is 4.11 Å². The van der Waals surface area contributed by atoms with Gasteiger partial charge in [-0.05, 0) is 49.5 Å². The second kappa shape index (κ2) is 4.09. The van der Waals surface area contributed by atoms with E-state index in [1.165, 1.54) is 0 Å². The molecule has 0 aliphatic heterocycles. The molecule has 0 amide bonds. The van der Waals surface area contributed by atoms with Crippen LogP contribution in [0.4, 0.5) is 0 Å². The Bertz CT molecular complexity index is 615. The van der Waals surface area contributed by atoms with Gasteiger partial charge in [0, 0.05) is 21.8 Å². The summed E-state index contributed by atoms with van der Waals surface area (Å²) in [5.41, 5.74) is 4.47. The predicted octanol–water partition coefficient (Wildman–Crippen LogP) is 3.10. The van der Waals surface area contributed by atoms with Gasteiger partial charge < -0.3 is 0 Å². The van der Waals surface area contributed by atoms with E-state index in [9.17, 15) is 0 Å². The number of benzene rings is 1. The van der Waals surface area contributed by atoms with Crippen molar-refractivity contribution in [1.29, 1.82) is 0 Å². The number of aromatic nitrogens is 1. The van der Waals surface area contributed by atoms with Gasteiger partial charge in [0.25, 0.3) is 0 Å². The van der Waals surface area contributed by atoms with E-state index in [2.05, 4.69) is 0 Å². The average molecular weight is 215 g/mol. The lowest BCUT2D eigenvalue weighted by Crippen LogP contribution is -2.30. The molecule has 0 saturated carbocycles. The molecule has 0 aliphatic carbocycles. The molecule has 1 heteroatoms. The zero-order valence-corrected chi connectivity index (χ0v) is 9.91. The van der Waals surface area contributed by atoms with Crippen LogP contribution in [0.25, 0.3) is 11.3 Å². The lowest BCUT2D eigenvalue weighted by atomic mass is 9.96. The Morgan fingerprint density at radius 1 is 1.06 bits per heavy atom. The summed E-state index contributed by atoms with van der Waals surface area (Å²) < 4.78 is 24.7. The van der Waals surface area contributed by atoms with Crippen molar-refractivity contribution in [3.05, 3.63) is 53.2 Å². The molecule has 1 heterocycles. The van der Waals surface area contributed by atoms with Crippen molar-refractivity contribution in [3.8, 4) is 11.3 Å². The first-order valence-corrected chi connectivity index (χ1v) is 5.38. The highest BCUT2D eigenvalue weighted by Crippen LogP contribution is 2.24. The second-order valence-electron chi connectivity index (χ2n) is 4.11. The first kappa shape index (κ1) is 7.61. The Morgan fingerprint density at radius 3 is 2.56 bits per heavy atom. The molecule has 0 unspecified atom stereocenters. The molecular formula is C15H18N+. The van der Waals surface area contributed by atoms with E-state index >= 15 is 0 Å². The fourth-order valence-corrected chi connectivity index (χ4v) is 1.90. The highest BCUT2D eigenvalue weighted by atomic mass is 14.9. The Morgan fingerprint density at radius 2 is 1.88 bits per heavy atom. The van der Waals surface area contributed by atoms with E-state index in [0.29, 0.717) is 5.56 Å². The molecule has 2 aromatic rings. The summed E-state index contributed by atoms with van der Waals surface area (Å²) in [4.78, 5) is 0. The molecule has 0 atom stereocenters. The maximum Gasteiger partial charge on any atom is 0.212 e. The van der Waals surface area contributed by atoms with Gasteiger partial charge >= 0.3 is 0 Å². The van der Waals surface area contributed by atoms with Crippen LogP contribution >= 0.6 is 0 Å². The second-order valence-corrected chi connectivity index (χ2v) is 4.11. The number of hydrogen-bond donors (Lipinski definition) is 0. The van der Waals surface area contributed by atoms with Crippen LogP contribution in [-0.4, -0.2) is 0 Å². The minimum atomic E-state index is -2.05. The summed E-state index contributed by atoms with van der Waals surface area (Å²) >= 11 is 0. The Kier molecular flexibility index (Phi) is 1.95. The van der Waals surface area contributed by atoms with Crippen molar-refractivity contribution in [1.82, 2.24) is 0 Å². The molecule has 2 rings (SSSR count). The molecule has 1 aromatic heterocycles. The average Bonchev–Trinajstić information content (AvgIpc) is 2.32. The van der Waals surface area contributed by atoms with Crippen LogP contribution < -0.4 is 4.57 Å². The first-order valence-electron chi connectivity index (χ1n) is 6.88. The fourth-order valence-electron chi connectivity index (χ4n) is 1.90. The standard InChI is InChI=1S/C15H18N/c1-11-8-9-14(13(3)12(11)2)15-7-5-6-10-16(15)4/h5-10H,1-4H3/q+1/i1D3. The Balaban J connectivity index is 2.64. The molecule has 16 heavy (non-hydrogen) atoms. The molecule has 0 N–H and O–H groups in total. The third kappa shape index (κ3) is 1.73. The zero-order valence-electron chi connectivity index (χ0n) is 12.9. The molecule has 0 bridgehead atoms. The zero-order chi connectivity index (χ0) is 14.2. The summed E-state index contributed by atoms with van der Waals surface area (Å²) in [5.74, 6) is 0. The van der Waals surface area contributed by atoms with Gasteiger partial charge in [-0.1, -0.05) is 6.07 Å². The van der Waals surface area contributed by atoms with E-state index in [0.717, 1.165) is 22.4 Å². The molecule has 0 radical (unpaired) electrons. The summed E-state index contributed by atoms with van der Waals surface area (Å²) in [6.45, 7) is 1.81. The smallest absolute Gasteiger partial charge is 0.201 e. The summed E-state index contributed by atoms with van der Waals surface area (Å²) in [5, 5.41) is 0. The van der Waals surface area contributed by atoms with Gasteiger partial charge in [0.05, 0.1) is 0 Å². The largest absolute Gasteiger partial charge is 0.212 e. The SMILES string of the molecule is [2H]C([2H])([2H])c1ccc(-c2cccc[n+]2C)c(C)c1C. The van der Waals surface area contributed by atoms with Crippen LogP contribution in [0.2, 0.25) is 0 Å². The normalized spacial score (nSPS) is 14.1. The molecule has 82 valence electrons. The number of rotatable bonds is 1. The monoisotopic (exact) mass is 215 g/mol. The summed E-state index contributed by atoms with van der Waals surface area (Å²) in [6.07, 6.45) is 1.99. The highest BCUT2D eigenvalue weighted by molar-refractivity contribution is 5.63. The maximum absolute atomic E-state index is 7.56. The number of nitrogens with zero attached hydrogens (tertiary/aromatic N) is 1. The molecule has 0 spiro atoms. The highest BCUT2D eigenvalue weighted by Gasteiger charge is 2.12. The maximum atomic E-state index is 7.56. The van der Waals surface area contributed by atoms with E-state index in [1.807, 2.05) is 55.9 Å². The number of hydrogen-bond acceptors (Lipinski definition) is 0. The van der Waals surface area contributed by atoms with Gasteiger partial charge in [0.1, 0.15) is 7.05 Å². The van der Waals surface area contributed by atoms with Crippen molar-refractivity contribution in [2.24, 2.45) is 7.05 Å². The Labute approximate surface area is 102 Å². The van der Waals surface area contributed by atoms with E-state index in [-0.39, 0.29) is 0 Å². The summed E-state index contributed by atoms with van der Waals surface area (Å²) in [7, 11) is 1.99. The van der Waals surface area contributed by atoms with Gasteiger partial charge in [-0.3, -0.25) is 0 Å². The molecule has 1 aromatic carbocycles. The first-order chi connectivity index (χ1) is 8.82. The van der Waals surface area contributed by atoms with Crippen LogP contribution in [0.15, 0.2) is 36.5 Å².